The minimum Gasteiger partial charge on any atom is -0.495 e. The smallest absolute Gasteiger partial charge is 0.210 e. The molecule has 150 valence electrons. The van der Waals surface area contributed by atoms with Gasteiger partial charge in [-0.05, 0) is 30.3 Å². The molecule has 0 saturated carbocycles. The van der Waals surface area contributed by atoms with Gasteiger partial charge in [-0.15, -0.1) is 0 Å². The maximum Gasteiger partial charge on any atom is 0.210 e. The molecular formula is C23H17NO5S. The molecule has 0 saturated heterocycles. The van der Waals surface area contributed by atoms with Gasteiger partial charge in [0.1, 0.15) is 5.75 Å². The van der Waals surface area contributed by atoms with Crippen LogP contribution in [-0.4, -0.2) is 27.1 Å². The first-order chi connectivity index (χ1) is 14.4. The summed E-state index contributed by atoms with van der Waals surface area (Å²) in [6.07, 6.45) is 1.21. The van der Waals surface area contributed by atoms with E-state index >= 15 is 0 Å². The summed E-state index contributed by atoms with van der Waals surface area (Å²) in [5.74, 6) is -0.328. The fraction of sp³-hybridized carbons (Fsp3) is 0.0435. The molecule has 0 spiro atoms. The third-order valence-electron chi connectivity index (χ3n) is 4.76. The Balaban J connectivity index is 1.74. The van der Waals surface area contributed by atoms with Gasteiger partial charge in [0.25, 0.3) is 0 Å². The zero-order valence-electron chi connectivity index (χ0n) is 16.0. The lowest BCUT2D eigenvalue weighted by molar-refractivity contribution is 0.0985. The highest BCUT2D eigenvalue weighted by Crippen LogP contribution is 2.32. The number of ether oxygens (including phenoxy) is 1. The number of allylic oxidation sites excluding steroid dienone is 2. The van der Waals surface area contributed by atoms with E-state index in [2.05, 4.69) is 5.32 Å². The van der Waals surface area contributed by atoms with Gasteiger partial charge < -0.3 is 10.1 Å². The number of Topliss-reactive ketones (excluding diaryl/α,β-unsaturated/α-hetero) is 1. The van der Waals surface area contributed by atoms with Crippen molar-refractivity contribution in [3.8, 4) is 5.75 Å². The van der Waals surface area contributed by atoms with Crippen LogP contribution >= 0.6 is 0 Å². The first-order valence-corrected chi connectivity index (χ1v) is 10.5. The Kier molecular flexibility index (Phi) is 4.97. The molecule has 1 N–H and O–H groups in total. The molecule has 0 bridgehead atoms. The predicted octanol–water partition coefficient (Wildman–Crippen LogP) is 3.90. The van der Waals surface area contributed by atoms with Gasteiger partial charge in [0.2, 0.25) is 15.6 Å². The zero-order valence-corrected chi connectivity index (χ0v) is 16.8. The van der Waals surface area contributed by atoms with Crippen molar-refractivity contribution in [3.05, 3.63) is 95.7 Å². The van der Waals surface area contributed by atoms with Crippen molar-refractivity contribution in [1.29, 1.82) is 0 Å². The van der Waals surface area contributed by atoms with Gasteiger partial charge in [-0.3, -0.25) is 9.59 Å². The molecule has 0 heterocycles. The lowest BCUT2D eigenvalue weighted by atomic mass is 9.92. The van der Waals surface area contributed by atoms with Gasteiger partial charge in [-0.1, -0.05) is 42.5 Å². The molecule has 3 aromatic rings. The number of anilines is 1. The number of methoxy groups -OCH3 is 1. The molecule has 0 aliphatic heterocycles. The standard InChI is InChI=1S/C23H17NO5S/c1-29-22-12-11-16(30(27,28)15-7-3-2-4-8-15)13-19(22)24-20-14-21(25)17-9-5-6-10-18(17)23(20)26/h2-14,24H,1H3. The SMILES string of the molecule is COc1ccc(S(=O)(=O)c2ccccc2)cc1NC1=CC(=O)c2ccccc2C1=O. The Morgan fingerprint density at radius 3 is 2.17 bits per heavy atom. The number of carbonyl (C=O) groups excluding carboxylic acids is 2. The highest BCUT2D eigenvalue weighted by Gasteiger charge is 2.26. The van der Waals surface area contributed by atoms with E-state index in [0.717, 1.165) is 0 Å². The number of ketones is 2. The molecule has 0 unspecified atom stereocenters. The van der Waals surface area contributed by atoms with Crippen molar-refractivity contribution in [2.45, 2.75) is 9.79 Å². The molecule has 0 atom stereocenters. The first-order valence-electron chi connectivity index (χ1n) is 9.07. The van der Waals surface area contributed by atoms with E-state index in [1.165, 1.54) is 43.5 Å². The Bertz CT molecular complexity index is 1290. The lowest BCUT2D eigenvalue weighted by Crippen LogP contribution is -2.21. The van der Waals surface area contributed by atoms with Crippen LogP contribution in [0.15, 0.2) is 94.4 Å². The number of benzene rings is 3. The third-order valence-corrected chi connectivity index (χ3v) is 6.53. The summed E-state index contributed by atoms with van der Waals surface area (Å²) in [4.78, 5) is 25.4. The normalized spacial score (nSPS) is 13.4. The van der Waals surface area contributed by atoms with Crippen molar-refractivity contribution in [2.24, 2.45) is 0 Å². The Morgan fingerprint density at radius 2 is 1.47 bits per heavy atom. The van der Waals surface area contributed by atoms with Crippen LogP contribution in [0.25, 0.3) is 0 Å². The maximum atomic E-state index is 13.0. The second kappa shape index (κ2) is 7.61. The summed E-state index contributed by atoms with van der Waals surface area (Å²) in [5, 5.41) is 2.89. The predicted molar refractivity (Wildman–Crippen MR) is 112 cm³/mol. The second-order valence-electron chi connectivity index (χ2n) is 6.60. The minimum atomic E-state index is -3.77. The number of rotatable bonds is 5. The van der Waals surface area contributed by atoms with Crippen molar-refractivity contribution in [2.75, 3.05) is 12.4 Å². The molecule has 4 rings (SSSR count). The molecule has 3 aromatic carbocycles. The highest BCUT2D eigenvalue weighted by atomic mass is 32.2. The molecule has 0 amide bonds. The topological polar surface area (TPSA) is 89.5 Å². The van der Waals surface area contributed by atoms with Crippen molar-refractivity contribution >= 4 is 27.1 Å². The highest BCUT2D eigenvalue weighted by molar-refractivity contribution is 7.91. The zero-order chi connectivity index (χ0) is 21.3. The van der Waals surface area contributed by atoms with Crippen molar-refractivity contribution < 1.29 is 22.7 Å². The molecule has 7 heteroatoms. The van der Waals surface area contributed by atoms with E-state index in [-0.39, 0.29) is 32.7 Å². The van der Waals surface area contributed by atoms with E-state index in [9.17, 15) is 18.0 Å². The number of hydrogen-bond acceptors (Lipinski definition) is 6. The van der Waals surface area contributed by atoms with Crippen LogP contribution in [0, 0.1) is 0 Å². The van der Waals surface area contributed by atoms with E-state index < -0.39 is 9.84 Å². The Morgan fingerprint density at radius 1 is 0.800 bits per heavy atom. The quantitative estimate of drug-likeness (QED) is 0.675. The molecule has 0 aromatic heterocycles. The van der Waals surface area contributed by atoms with Gasteiger partial charge in [0.05, 0.1) is 28.3 Å². The van der Waals surface area contributed by atoms with E-state index in [0.29, 0.717) is 16.9 Å². The van der Waals surface area contributed by atoms with Crippen LogP contribution in [0.2, 0.25) is 0 Å². The molecule has 1 aliphatic carbocycles. The van der Waals surface area contributed by atoms with Crippen LogP contribution in [0.3, 0.4) is 0 Å². The largest absolute Gasteiger partial charge is 0.495 e. The fourth-order valence-electron chi connectivity index (χ4n) is 3.24. The molecule has 1 aliphatic rings. The number of carbonyl (C=O) groups is 2. The number of hydrogen-bond donors (Lipinski definition) is 1. The Labute approximate surface area is 173 Å². The van der Waals surface area contributed by atoms with E-state index in [1.54, 1.807) is 42.5 Å². The Hall–Kier alpha value is -3.71. The molecule has 6 nitrogen and oxygen atoms in total. The van der Waals surface area contributed by atoms with Gasteiger partial charge >= 0.3 is 0 Å². The van der Waals surface area contributed by atoms with Gasteiger partial charge in [0, 0.05) is 17.2 Å². The maximum absolute atomic E-state index is 13.0. The average molecular weight is 419 g/mol. The monoisotopic (exact) mass is 419 g/mol. The number of nitrogens with one attached hydrogen (secondary N) is 1. The van der Waals surface area contributed by atoms with Crippen molar-refractivity contribution in [1.82, 2.24) is 0 Å². The van der Waals surface area contributed by atoms with Crippen LogP contribution in [-0.2, 0) is 9.84 Å². The summed E-state index contributed by atoms with van der Waals surface area (Å²) >= 11 is 0. The first kappa shape index (κ1) is 19.6. The van der Waals surface area contributed by atoms with Gasteiger partial charge in [-0.2, -0.15) is 0 Å². The molecule has 30 heavy (non-hydrogen) atoms. The molecular weight excluding hydrogens is 402 g/mol. The van der Waals surface area contributed by atoms with E-state index in [4.69, 9.17) is 4.74 Å². The van der Waals surface area contributed by atoms with Crippen LogP contribution < -0.4 is 10.1 Å². The van der Waals surface area contributed by atoms with Crippen LogP contribution in [0.1, 0.15) is 20.7 Å². The number of fused-ring (bicyclic) bond motifs is 1. The number of sulfone groups is 1. The van der Waals surface area contributed by atoms with Gasteiger partial charge in [0.15, 0.2) is 5.78 Å². The summed E-state index contributed by atoms with van der Waals surface area (Å²) in [5.41, 5.74) is 0.937. The summed E-state index contributed by atoms with van der Waals surface area (Å²) in [6, 6.07) is 18.9. The summed E-state index contributed by atoms with van der Waals surface area (Å²) in [7, 11) is -2.33. The molecule has 0 fully saturated rings. The summed E-state index contributed by atoms with van der Waals surface area (Å²) in [6.45, 7) is 0. The van der Waals surface area contributed by atoms with E-state index in [1.807, 2.05) is 0 Å². The summed E-state index contributed by atoms with van der Waals surface area (Å²) < 4.78 is 31.2. The molecule has 0 radical (unpaired) electrons. The third kappa shape index (κ3) is 3.40. The van der Waals surface area contributed by atoms with Gasteiger partial charge in [-0.25, -0.2) is 8.42 Å². The van der Waals surface area contributed by atoms with Crippen LogP contribution in [0.5, 0.6) is 5.75 Å². The lowest BCUT2D eigenvalue weighted by Gasteiger charge is -2.18. The van der Waals surface area contributed by atoms with Crippen molar-refractivity contribution in [3.63, 3.8) is 0 Å². The fourth-order valence-corrected chi connectivity index (χ4v) is 4.55. The van der Waals surface area contributed by atoms with Crippen LogP contribution in [0.4, 0.5) is 5.69 Å². The average Bonchev–Trinajstić information content (AvgIpc) is 2.78. The second-order valence-corrected chi connectivity index (χ2v) is 8.55. The minimum absolute atomic E-state index is 0.0348.